The van der Waals surface area contributed by atoms with Gasteiger partial charge in [0.25, 0.3) is 0 Å². The van der Waals surface area contributed by atoms with Gasteiger partial charge in [-0.1, -0.05) is 48.5 Å². The van der Waals surface area contributed by atoms with Crippen LogP contribution in [-0.4, -0.2) is 16.9 Å². The van der Waals surface area contributed by atoms with Gasteiger partial charge in [0.05, 0.1) is 0 Å². The number of nitrogens with zero attached hydrogens (tertiary/aromatic N) is 1. The molecule has 0 aliphatic heterocycles. The first-order valence-electron chi connectivity index (χ1n) is 8.11. The van der Waals surface area contributed by atoms with Crippen molar-refractivity contribution in [2.45, 2.75) is 18.5 Å². The van der Waals surface area contributed by atoms with Gasteiger partial charge in [-0.25, -0.2) is 0 Å². The minimum absolute atomic E-state index is 0.292. The van der Waals surface area contributed by atoms with E-state index in [0.717, 1.165) is 16.5 Å². The van der Waals surface area contributed by atoms with Gasteiger partial charge in [-0.15, -0.1) is 0 Å². The molecule has 1 aromatic heterocycles. The lowest BCUT2D eigenvalue weighted by Crippen LogP contribution is -2.31. The number of benzene rings is 2. The lowest BCUT2D eigenvalue weighted by molar-refractivity contribution is -0.497. The summed E-state index contributed by atoms with van der Waals surface area (Å²) >= 11 is 0. The third kappa shape index (κ3) is 2.98. The van der Waals surface area contributed by atoms with Crippen molar-refractivity contribution in [3.8, 4) is 0 Å². The molecule has 0 bridgehead atoms. The molecule has 2 aromatic carbocycles. The second-order valence-corrected chi connectivity index (χ2v) is 6.23. The van der Waals surface area contributed by atoms with Crippen LogP contribution >= 0.6 is 0 Å². The molecule has 1 saturated carbocycles. The fourth-order valence-corrected chi connectivity index (χ4v) is 3.05. The number of amides is 1. The number of carbonyl (C=O) groups excluding carboxylic acids is 1. The summed E-state index contributed by atoms with van der Waals surface area (Å²) in [5.41, 5.74) is 1.61. The van der Waals surface area contributed by atoms with Gasteiger partial charge in [0, 0.05) is 16.7 Å². The Morgan fingerprint density at radius 2 is 1.88 bits per heavy atom. The molecule has 6 heteroatoms. The summed E-state index contributed by atoms with van der Waals surface area (Å²) in [7, 11) is 0. The Bertz CT molecular complexity index is 902. The van der Waals surface area contributed by atoms with E-state index in [1.54, 1.807) is 0 Å². The number of hydrogen-bond acceptors (Lipinski definition) is 4. The van der Waals surface area contributed by atoms with Crippen LogP contribution in [0.5, 0.6) is 0 Å². The van der Waals surface area contributed by atoms with E-state index < -0.39 is 18.0 Å². The van der Waals surface area contributed by atoms with E-state index in [9.17, 15) is 14.9 Å². The Labute approximate surface area is 143 Å². The summed E-state index contributed by atoms with van der Waals surface area (Å²) in [6.07, 6.45) is 0.292. The van der Waals surface area contributed by atoms with E-state index in [2.05, 4.69) is 5.32 Å². The smallest absolute Gasteiger partial charge is 0.231 e. The zero-order chi connectivity index (χ0) is 17.4. The summed E-state index contributed by atoms with van der Waals surface area (Å²) in [5, 5.41) is 14.7. The number of nitro groups is 1. The van der Waals surface area contributed by atoms with Crippen molar-refractivity contribution >= 4 is 16.9 Å². The van der Waals surface area contributed by atoms with Crippen molar-refractivity contribution in [2.24, 2.45) is 5.92 Å². The fourth-order valence-electron chi connectivity index (χ4n) is 3.05. The van der Waals surface area contributed by atoms with Gasteiger partial charge >= 0.3 is 0 Å². The van der Waals surface area contributed by atoms with Crippen molar-refractivity contribution in [3.05, 3.63) is 82.1 Å². The van der Waals surface area contributed by atoms with Crippen LogP contribution in [0.3, 0.4) is 0 Å². The maximum atomic E-state index is 12.4. The molecule has 1 amide bonds. The highest BCUT2D eigenvalue weighted by molar-refractivity contribution is 5.83. The largest absolute Gasteiger partial charge is 0.459 e. The first-order valence-corrected chi connectivity index (χ1v) is 8.11. The van der Waals surface area contributed by atoms with Gasteiger partial charge in [0.2, 0.25) is 11.9 Å². The maximum Gasteiger partial charge on any atom is 0.231 e. The van der Waals surface area contributed by atoms with Gasteiger partial charge in [0.1, 0.15) is 23.3 Å². The van der Waals surface area contributed by atoms with Gasteiger partial charge in [0.15, 0.2) is 0 Å². The standard InChI is InChI=1S/C19H16N2O4/c22-19(14-11-15(14)21(23)24)20-18(12-6-2-1-3-7-12)17-10-13-8-4-5-9-16(13)25-17/h1-10,14-15,18H,11H2,(H,20,22)/t14-,15+,18-/m1/s1. The maximum absolute atomic E-state index is 12.4. The normalized spacial score (nSPS) is 20.2. The quantitative estimate of drug-likeness (QED) is 0.572. The number of furan rings is 1. The zero-order valence-corrected chi connectivity index (χ0v) is 13.3. The molecule has 0 saturated heterocycles. The molecule has 1 N–H and O–H groups in total. The predicted molar refractivity (Wildman–Crippen MR) is 91.5 cm³/mol. The van der Waals surface area contributed by atoms with Crippen molar-refractivity contribution in [3.63, 3.8) is 0 Å². The molecular formula is C19H16N2O4. The molecular weight excluding hydrogens is 320 g/mol. The van der Waals surface area contributed by atoms with Gasteiger partial charge in [-0.3, -0.25) is 14.9 Å². The highest BCUT2D eigenvalue weighted by Crippen LogP contribution is 2.35. The molecule has 4 rings (SSSR count). The molecule has 6 nitrogen and oxygen atoms in total. The molecule has 126 valence electrons. The number of hydrogen-bond donors (Lipinski definition) is 1. The number of fused-ring (bicyclic) bond motifs is 1. The second-order valence-electron chi connectivity index (χ2n) is 6.23. The van der Waals surface area contributed by atoms with E-state index in [4.69, 9.17) is 4.42 Å². The third-order valence-corrected chi connectivity index (χ3v) is 4.51. The molecule has 0 radical (unpaired) electrons. The average Bonchev–Trinajstić information content (AvgIpc) is 3.33. The second kappa shape index (κ2) is 6.05. The Morgan fingerprint density at radius 1 is 1.16 bits per heavy atom. The molecule has 1 aliphatic carbocycles. The van der Waals surface area contributed by atoms with E-state index in [0.29, 0.717) is 12.2 Å². The van der Waals surface area contributed by atoms with Crippen LogP contribution in [0, 0.1) is 16.0 Å². The van der Waals surface area contributed by atoms with Crippen LogP contribution in [-0.2, 0) is 4.79 Å². The van der Waals surface area contributed by atoms with Crippen molar-refractivity contribution in [1.82, 2.24) is 5.32 Å². The number of carbonyl (C=O) groups is 1. The third-order valence-electron chi connectivity index (χ3n) is 4.51. The molecule has 1 heterocycles. The van der Waals surface area contributed by atoms with Gasteiger partial charge < -0.3 is 9.73 Å². The Balaban J connectivity index is 1.65. The minimum atomic E-state index is -0.771. The van der Waals surface area contributed by atoms with Gasteiger partial charge in [-0.05, 0) is 17.7 Å². The summed E-state index contributed by atoms with van der Waals surface area (Å²) < 4.78 is 5.91. The van der Waals surface area contributed by atoms with Crippen LogP contribution in [0.15, 0.2) is 65.1 Å². The molecule has 1 aliphatic rings. The van der Waals surface area contributed by atoms with E-state index in [1.165, 1.54) is 0 Å². The molecule has 3 atom stereocenters. The number of nitrogens with one attached hydrogen (secondary N) is 1. The number of rotatable bonds is 5. The summed E-state index contributed by atoms with van der Waals surface area (Å²) in [6, 6.07) is 17.7. The fraction of sp³-hybridized carbons (Fsp3) is 0.211. The zero-order valence-electron chi connectivity index (χ0n) is 13.3. The number of para-hydroxylation sites is 1. The van der Waals surface area contributed by atoms with Crippen LogP contribution in [0.4, 0.5) is 0 Å². The topological polar surface area (TPSA) is 85.4 Å². The van der Waals surface area contributed by atoms with Crippen LogP contribution in [0.1, 0.15) is 23.8 Å². The predicted octanol–water partition coefficient (Wildman–Crippen LogP) is 3.30. The summed E-state index contributed by atoms with van der Waals surface area (Å²) in [6.45, 7) is 0. The lowest BCUT2D eigenvalue weighted by Gasteiger charge is -2.17. The van der Waals surface area contributed by atoms with E-state index in [-0.39, 0.29) is 10.8 Å². The van der Waals surface area contributed by atoms with Crippen LogP contribution < -0.4 is 5.32 Å². The van der Waals surface area contributed by atoms with Crippen molar-refractivity contribution in [2.75, 3.05) is 0 Å². The molecule has 1 fully saturated rings. The van der Waals surface area contributed by atoms with E-state index in [1.807, 2.05) is 60.7 Å². The Morgan fingerprint density at radius 3 is 2.56 bits per heavy atom. The highest BCUT2D eigenvalue weighted by atomic mass is 16.6. The van der Waals surface area contributed by atoms with Crippen LogP contribution in [0.2, 0.25) is 0 Å². The summed E-state index contributed by atoms with van der Waals surface area (Å²) in [5.74, 6) is -0.263. The molecule has 25 heavy (non-hydrogen) atoms. The lowest BCUT2D eigenvalue weighted by atomic mass is 10.0. The monoisotopic (exact) mass is 336 g/mol. The van der Waals surface area contributed by atoms with E-state index >= 15 is 0 Å². The first kappa shape index (κ1) is 15.4. The van der Waals surface area contributed by atoms with Crippen LogP contribution in [0.25, 0.3) is 11.0 Å². The summed E-state index contributed by atoms with van der Waals surface area (Å²) in [4.78, 5) is 22.9. The first-order chi connectivity index (χ1) is 12.1. The highest BCUT2D eigenvalue weighted by Gasteiger charge is 2.53. The SMILES string of the molecule is O=C(N[C@H](c1ccccc1)c1cc2ccccc2o1)[C@@H]1C[C@@H]1[N+](=O)[O-]. The Hall–Kier alpha value is -3.15. The molecule has 3 aromatic rings. The van der Waals surface area contributed by atoms with Crippen molar-refractivity contribution < 1.29 is 14.1 Å². The molecule has 0 spiro atoms. The Kier molecular flexibility index (Phi) is 3.72. The minimum Gasteiger partial charge on any atom is -0.459 e. The average molecular weight is 336 g/mol. The molecule has 0 unspecified atom stereocenters. The van der Waals surface area contributed by atoms with Gasteiger partial charge in [-0.2, -0.15) is 0 Å². The van der Waals surface area contributed by atoms with Crippen molar-refractivity contribution in [1.29, 1.82) is 0 Å².